The number of nitrogens with zero attached hydrogens (tertiary/aromatic N) is 2. The van der Waals surface area contributed by atoms with Crippen LogP contribution in [0.15, 0.2) is 60.7 Å². The van der Waals surface area contributed by atoms with Crippen LogP contribution in [-0.4, -0.2) is 41.5 Å². The van der Waals surface area contributed by atoms with Gasteiger partial charge in [-0.25, -0.2) is 9.78 Å². The Bertz CT molecular complexity index is 1450. The number of esters is 1. The molecule has 196 valence electrons. The summed E-state index contributed by atoms with van der Waals surface area (Å²) in [6.07, 6.45) is 2.27. The molecule has 2 heterocycles. The van der Waals surface area contributed by atoms with Gasteiger partial charge in [0.15, 0.2) is 5.13 Å². The molecule has 1 saturated heterocycles. The fourth-order valence-electron chi connectivity index (χ4n) is 4.34. The molecule has 0 radical (unpaired) electrons. The topological polar surface area (TPSA) is 106 Å². The normalized spacial score (nSPS) is 16.5. The lowest BCUT2D eigenvalue weighted by Gasteiger charge is -2.23. The molecule has 0 bridgehead atoms. The summed E-state index contributed by atoms with van der Waals surface area (Å²) >= 11 is 0.956. The highest BCUT2D eigenvalue weighted by Gasteiger charge is 2.48. The highest BCUT2D eigenvalue weighted by atomic mass is 32.1. The Balaban J connectivity index is 1.89. The maximum absolute atomic E-state index is 13.4. The second-order valence-electron chi connectivity index (χ2n) is 8.75. The first-order valence-electron chi connectivity index (χ1n) is 12.0. The Hall–Kier alpha value is -4.24. The van der Waals surface area contributed by atoms with Crippen molar-refractivity contribution in [3.8, 4) is 5.75 Å². The van der Waals surface area contributed by atoms with Gasteiger partial charge in [0, 0.05) is 5.56 Å². The van der Waals surface area contributed by atoms with Crippen LogP contribution in [0.3, 0.4) is 0 Å². The van der Waals surface area contributed by atoms with Gasteiger partial charge in [-0.2, -0.15) is 0 Å². The predicted molar refractivity (Wildman–Crippen MR) is 146 cm³/mol. The number of aliphatic hydroxyl groups is 1. The molecule has 1 N–H and O–H groups in total. The first-order valence-corrected chi connectivity index (χ1v) is 12.8. The number of anilines is 1. The molecule has 38 heavy (non-hydrogen) atoms. The van der Waals surface area contributed by atoms with Crippen LogP contribution in [0, 0.1) is 13.8 Å². The first-order chi connectivity index (χ1) is 18.2. The third-order valence-corrected chi connectivity index (χ3v) is 7.46. The Morgan fingerprint density at radius 3 is 2.50 bits per heavy atom. The van der Waals surface area contributed by atoms with Crippen LogP contribution in [0.4, 0.5) is 5.13 Å². The number of carbonyl (C=O) groups is 3. The lowest BCUT2D eigenvalue weighted by Crippen LogP contribution is -2.29. The zero-order valence-electron chi connectivity index (χ0n) is 21.6. The molecule has 3 aromatic rings. The van der Waals surface area contributed by atoms with Crippen molar-refractivity contribution in [2.75, 3.05) is 18.6 Å². The van der Waals surface area contributed by atoms with Crippen molar-refractivity contribution in [1.29, 1.82) is 0 Å². The average molecular weight is 533 g/mol. The highest BCUT2D eigenvalue weighted by molar-refractivity contribution is 7.17. The van der Waals surface area contributed by atoms with Crippen molar-refractivity contribution in [1.82, 2.24) is 4.98 Å². The standard InChI is InChI=1S/C29H28N2O6S/c1-6-14-37-28(35)26-17(4)30-29(38-26)31-23(19-10-8-18(7-2)9-11-19)22(25(33)27(31)34)24(32)20-12-13-21(36-5)16(3)15-20/h6,8-13,15,23,32H,1,7,14H2,2-5H3/b24-22+. The molecule has 9 heteroatoms. The number of Topliss-reactive ketones (excluding diaryl/α,β-unsaturated/α-hetero) is 1. The van der Waals surface area contributed by atoms with E-state index in [4.69, 9.17) is 9.47 Å². The number of hydrogen-bond acceptors (Lipinski definition) is 8. The van der Waals surface area contributed by atoms with Crippen LogP contribution in [0.1, 0.15) is 50.6 Å². The molecule has 1 aromatic heterocycles. The van der Waals surface area contributed by atoms with E-state index in [1.807, 2.05) is 38.1 Å². The SMILES string of the molecule is C=CCOC(=O)c1sc(N2C(=O)C(=O)/C(=C(/O)c3ccc(OC)c(C)c3)C2c2ccc(CC)cc2)nc1C. The highest BCUT2D eigenvalue weighted by Crippen LogP contribution is 2.44. The van der Waals surface area contributed by atoms with E-state index >= 15 is 0 Å². The second kappa shape index (κ2) is 11.0. The Kier molecular flexibility index (Phi) is 7.78. The molecule has 2 aromatic carbocycles. The number of benzene rings is 2. The molecule has 4 rings (SSSR count). The van der Waals surface area contributed by atoms with Crippen molar-refractivity contribution >= 4 is 39.9 Å². The molecule has 8 nitrogen and oxygen atoms in total. The second-order valence-corrected chi connectivity index (χ2v) is 9.72. The van der Waals surface area contributed by atoms with Gasteiger partial charge < -0.3 is 14.6 Å². The van der Waals surface area contributed by atoms with Crippen LogP contribution in [0.5, 0.6) is 5.75 Å². The number of thiazole rings is 1. The van der Waals surface area contributed by atoms with E-state index in [-0.39, 0.29) is 27.9 Å². The number of amides is 1. The average Bonchev–Trinajstić information content (AvgIpc) is 3.43. The summed E-state index contributed by atoms with van der Waals surface area (Å²) in [7, 11) is 1.55. The number of ketones is 1. The minimum atomic E-state index is -0.953. The lowest BCUT2D eigenvalue weighted by atomic mass is 9.94. The molecule has 1 aliphatic heterocycles. The number of rotatable bonds is 8. The van der Waals surface area contributed by atoms with Gasteiger partial charge in [0.05, 0.1) is 24.4 Å². The zero-order valence-corrected chi connectivity index (χ0v) is 22.4. The van der Waals surface area contributed by atoms with Crippen LogP contribution in [0.25, 0.3) is 5.76 Å². The minimum absolute atomic E-state index is 0.0288. The van der Waals surface area contributed by atoms with E-state index in [0.717, 1.165) is 28.9 Å². The maximum atomic E-state index is 13.4. The molecule has 1 aliphatic rings. The predicted octanol–water partition coefficient (Wildman–Crippen LogP) is 5.30. The fraction of sp³-hybridized carbons (Fsp3) is 0.241. The number of hydrogen-bond donors (Lipinski definition) is 1. The van der Waals surface area contributed by atoms with Crippen molar-refractivity contribution in [2.24, 2.45) is 0 Å². The van der Waals surface area contributed by atoms with Crippen LogP contribution in [-0.2, 0) is 20.7 Å². The van der Waals surface area contributed by atoms with Crippen molar-refractivity contribution in [3.05, 3.63) is 93.5 Å². The van der Waals surface area contributed by atoms with E-state index in [0.29, 0.717) is 22.6 Å². The Morgan fingerprint density at radius 2 is 1.89 bits per heavy atom. The number of methoxy groups -OCH3 is 1. The van der Waals surface area contributed by atoms with Crippen molar-refractivity contribution in [2.45, 2.75) is 33.2 Å². The zero-order chi connectivity index (χ0) is 27.6. The van der Waals surface area contributed by atoms with Gasteiger partial charge in [-0.3, -0.25) is 14.5 Å². The smallest absolute Gasteiger partial charge is 0.350 e. The van der Waals surface area contributed by atoms with Gasteiger partial charge in [0.25, 0.3) is 5.78 Å². The van der Waals surface area contributed by atoms with Crippen LogP contribution >= 0.6 is 11.3 Å². The number of aryl methyl sites for hydroxylation is 3. The minimum Gasteiger partial charge on any atom is -0.507 e. The molecular formula is C29H28N2O6S. The third-order valence-electron chi connectivity index (χ3n) is 6.33. The monoisotopic (exact) mass is 532 g/mol. The summed E-state index contributed by atoms with van der Waals surface area (Å²) in [6, 6.07) is 11.6. The quantitative estimate of drug-likeness (QED) is 0.138. The van der Waals surface area contributed by atoms with E-state index in [1.165, 1.54) is 11.0 Å². The fourth-order valence-corrected chi connectivity index (χ4v) is 5.32. The molecule has 0 saturated carbocycles. The van der Waals surface area contributed by atoms with Gasteiger partial charge in [-0.05, 0) is 55.2 Å². The molecule has 0 spiro atoms. The molecule has 1 fully saturated rings. The van der Waals surface area contributed by atoms with Gasteiger partial charge in [0.2, 0.25) is 0 Å². The number of aliphatic hydroxyl groups excluding tert-OH is 1. The lowest BCUT2D eigenvalue weighted by molar-refractivity contribution is -0.132. The van der Waals surface area contributed by atoms with E-state index < -0.39 is 23.7 Å². The van der Waals surface area contributed by atoms with Crippen LogP contribution < -0.4 is 9.64 Å². The largest absolute Gasteiger partial charge is 0.507 e. The summed E-state index contributed by atoms with van der Waals surface area (Å²) in [4.78, 5) is 45.3. The summed E-state index contributed by atoms with van der Waals surface area (Å²) in [5.41, 5.74) is 3.14. The molecule has 0 aliphatic carbocycles. The van der Waals surface area contributed by atoms with Gasteiger partial charge in [-0.1, -0.05) is 55.2 Å². The van der Waals surface area contributed by atoms with Crippen LogP contribution in [0.2, 0.25) is 0 Å². The third kappa shape index (κ3) is 4.84. The summed E-state index contributed by atoms with van der Waals surface area (Å²) in [6.45, 7) is 9.05. The summed E-state index contributed by atoms with van der Waals surface area (Å²) in [5.74, 6) is -1.96. The van der Waals surface area contributed by atoms with E-state index in [9.17, 15) is 19.5 Å². The Labute approximate surface area is 224 Å². The summed E-state index contributed by atoms with van der Waals surface area (Å²) in [5, 5.41) is 11.5. The van der Waals surface area contributed by atoms with E-state index in [2.05, 4.69) is 11.6 Å². The maximum Gasteiger partial charge on any atom is 0.350 e. The van der Waals surface area contributed by atoms with Gasteiger partial charge >= 0.3 is 11.9 Å². The molecule has 1 amide bonds. The summed E-state index contributed by atoms with van der Waals surface area (Å²) < 4.78 is 10.5. The molecular weight excluding hydrogens is 504 g/mol. The van der Waals surface area contributed by atoms with Crippen molar-refractivity contribution < 1.29 is 29.0 Å². The van der Waals surface area contributed by atoms with Gasteiger partial charge in [0.1, 0.15) is 23.0 Å². The first kappa shape index (κ1) is 26.8. The molecule has 1 atom stereocenters. The molecule has 1 unspecified atom stereocenters. The van der Waals surface area contributed by atoms with E-state index in [1.54, 1.807) is 32.2 Å². The number of carbonyl (C=O) groups excluding carboxylic acids is 3. The van der Waals surface area contributed by atoms with Gasteiger partial charge in [-0.15, -0.1) is 0 Å². The number of aromatic nitrogens is 1. The van der Waals surface area contributed by atoms with Crippen molar-refractivity contribution in [3.63, 3.8) is 0 Å². The Morgan fingerprint density at radius 1 is 1.18 bits per heavy atom. The number of ether oxygens (including phenoxy) is 2.